The first kappa shape index (κ1) is 13.3. The highest BCUT2D eigenvalue weighted by Crippen LogP contribution is 2.23. The van der Waals surface area contributed by atoms with Gasteiger partial charge in [0.25, 0.3) is 0 Å². The highest BCUT2D eigenvalue weighted by atomic mass is 32.1. The Labute approximate surface area is 124 Å². The number of nitrogens with one attached hydrogen (secondary N) is 1. The summed E-state index contributed by atoms with van der Waals surface area (Å²) in [7, 11) is 1.50. The summed E-state index contributed by atoms with van der Waals surface area (Å²) < 4.78 is 21.1. The van der Waals surface area contributed by atoms with Gasteiger partial charge in [0, 0.05) is 6.07 Å². The van der Waals surface area contributed by atoms with Gasteiger partial charge in [-0.25, -0.2) is 4.39 Å². The zero-order valence-corrected chi connectivity index (χ0v) is 11.7. The zero-order valence-electron chi connectivity index (χ0n) is 10.9. The number of ether oxygens (including phenoxy) is 1. The summed E-state index contributed by atoms with van der Waals surface area (Å²) in [6.07, 6.45) is 0. The predicted molar refractivity (Wildman–Crippen MR) is 77.5 cm³/mol. The molecule has 3 rings (SSSR count). The van der Waals surface area contributed by atoms with E-state index in [0.29, 0.717) is 21.8 Å². The second-order valence-corrected chi connectivity index (χ2v) is 4.66. The van der Waals surface area contributed by atoms with Gasteiger partial charge >= 0.3 is 0 Å². The van der Waals surface area contributed by atoms with Crippen molar-refractivity contribution < 1.29 is 9.13 Å². The number of aromatic nitrogens is 3. The summed E-state index contributed by atoms with van der Waals surface area (Å²) in [6, 6.07) is 9.53. The number of nitrogens with zero attached hydrogens (tertiary/aromatic N) is 3. The summed E-state index contributed by atoms with van der Waals surface area (Å²) in [6.45, 7) is 0. The van der Waals surface area contributed by atoms with Gasteiger partial charge in [-0.05, 0) is 36.5 Å². The third-order valence-corrected chi connectivity index (χ3v) is 3.32. The van der Waals surface area contributed by atoms with E-state index in [1.165, 1.54) is 23.8 Å². The lowest BCUT2D eigenvalue weighted by Gasteiger charge is -2.06. The Morgan fingerprint density at radius 1 is 1.38 bits per heavy atom. The van der Waals surface area contributed by atoms with Gasteiger partial charge in [-0.1, -0.05) is 0 Å². The molecule has 0 bridgehead atoms. The number of aromatic amines is 1. The zero-order chi connectivity index (χ0) is 15.0. The Morgan fingerprint density at radius 3 is 2.86 bits per heavy atom. The standard InChI is InChI=1S/C14H9FN4OS/c1-20-12-5-3-10-13(18-12)19(14(21)17-10)11-4-2-8(7-16)6-9(11)15/h2-6H,1H3,(H,17,21). The van der Waals surface area contributed by atoms with Crippen LogP contribution in [0, 0.1) is 21.9 Å². The van der Waals surface area contributed by atoms with E-state index in [4.69, 9.17) is 22.2 Å². The molecule has 104 valence electrons. The van der Waals surface area contributed by atoms with Gasteiger partial charge in [0.2, 0.25) is 5.88 Å². The van der Waals surface area contributed by atoms with Crippen molar-refractivity contribution in [3.05, 3.63) is 46.5 Å². The molecule has 21 heavy (non-hydrogen) atoms. The van der Waals surface area contributed by atoms with Crippen molar-refractivity contribution in [1.29, 1.82) is 5.26 Å². The first-order chi connectivity index (χ1) is 10.1. The molecule has 5 nitrogen and oxygen atoms in total. The number of fused-ring (bicyclic) bond motifs is 1. The second kappa shape index (κ2) is 5.00. The average molecular weight is 300 g/mol. The molecule has 0 aliphatic carbocycles. The minimum absolute atomic E-state index is 0.228. The maximum Gasteiger partial charge on any atom is 0.215 e. The van der Waals surface area contributed by atoms with Gasteiger partial charge in [0.05, 0.1) is 29.9 Å². The summed E-state index contributed by atoms with van der Waals surface area (Å²) in [5.41, 5.74) is 1.60. The number of nitriles is 1. The van der Waals surface area contributed by atoms with Crippen LogP contribution in [0.1, 0.15) is 5.56 Å². The molecule has 1 aromatic carbocycles. The van der Waals surface area contributed by atoms with E-state index in [-0.39, 0.29) is 11.3 Å². The Kier molecular flexibility index (Phi) is 3.16. The Balaban J connectivity index is 2.32. The molecule has 0 aliphatic rings. The van der Waals surface area contributed by atoms with E-state index >= 15 is 0 Å². The first-order valence-electron chi connectivity index (χ1n) is 6.00. The van der Waals surface area contributed by atoms with E-state index in [1.54, 1.807) is 12.1 Å². The van der Waals surface area contributed by atoms with Crippen LogP contribution in [0.2, 0.25) is 0 Å². The highest BCUT2D eigenvalue weighted by molar-refractivity contribution is 7.71. The van der Waals surface area contributed by atoms with Crippen molar-refractivity contribution in [3.63, 3.8) is 0 Å². The molecule has 0 aliphatic heterocycles. The molecule has 1 N–H and O–H groups in total. The molecule has 2 heterocycles. The minimum atomic E-state index is -0.546. The van der Waals surface area contributed by atoms with Gasteiger partial charge in [0.15, 0.2) is 10.4 Å². The lowest BCUT2D eigenvalue weighted by Crippen LogP contribution is -2.00. The number of pyridine rings is 1. The van der Waals surface area contributed by atoms with Gasteiger partial charge in [-0.2, -0.15) is 10.2 Å². The molecule has 0 atom stereocenters. The van der Waals surface area contributed by atoms with Crippen molar-refractivity contribution in [2.75, 3.05) is 7.11 Å². The van der Waals surface area contributed by atoms with E-state index in [2.05, 4.69) is 9.97 Å². The van der Waals surface area contributed by atoms with Crippen molar-refractivity contribution in [2.24, 2.45) is 0 Å². The number of halogens is 1. The topological polar surface area (TPSA) is 66.6 Å². The Bertz CT molecular complexity index is 938. The first-order valence-corrected chi connectivity index (χ1v) is 6.40. The van der Waals surface area contributed by atoms with Crippen molar-refractivity contribution >= 4 is 23.4 Å². The molecule has 0 spiro atoms. The van der Waals surface area contributed by atoms with Crippen LogP contribution in [0.3, 0.4) is 0 Å². The number of benzene rings is 1. The summed E-state index contributed by atoms with van der Waals surface area (Å²) in [5, 5.41) is 8.80. The molecule has 7 heteroatoms. The molecule has 0 fully saturated rings. The smallest absolute Gasteiger partial charge is 0.215 e. The fourth-order valence-corrected chi connectivity index (χ4v) is 2.36. The average Bonchev–Trinajstić information content (AvgIpc) is 2.82. The fourth-order valence-electron chi connectivity index (χ4n) is 2.06. The highest BCUT2D eigenvalue weighted by Gasteiger charge is 2.13. The van der Waals surface area contributed by atoms with E-state index in [0.717, 1.165) is 6.07 Å². The molecule has 3 aromatic rings. The van der Waals surface area contributed by atoms with Gasteiger partial charge < -0.3 is 9.72 Å². The number of rotatable bonds is 2. The van der Waals surface area contributed by atoms with Crippen LogP contribution < -0.4 is 4.74 Å². The molecule has 0 saturated carbocycles. The monoisotopic (exact) mass is 300 g/mol. The number of hydrogen-bond donors (Lipinski definition) is 1. The van der Waals surface area contributed by atoms with Crippen molar-refractivity contribution in [1.82, 2.24) is 14.5 Å². The summed E-state index contributed by atoms with van der Waals surface area (Å²) >= 11 is 5.23. The fraction of sp³-hybridized carbons (Fsp3) is 0.0714. The molecule has 2 aromatic heterocycles. The van der Waals surface area contributed by atoms with Gasteiger partial charge in [0.1, 0.15) is 5.82 Å². The lowest BCUT2D eigenvalue weighted by atomic mass is 10.2. The van der Waals surface area contributed by atoms with E-state index < -0.39 is 5.82 Å². The third kappa shape index (κ3) is 2.15. The van der Waals surface area contributed by atoms with E-state index in [9.17, 15) is 4.39 Å². The van der Waals surface area contributed by atoms with Crippen molar-refractivity contribution in [3.8, 4) is 17.6 Å². The van der Waals surface area contributed by atoms with Gasteiger partial charge in [-0.3, -0.25) is 4.57 Å². The minimum Gasteiger partial charge on any atom is -0.481 e. The Morgan fingerprint density at radius 2 is 2.19 bits per heavy atom. The SMILES string of the molecule is COc1ccc2[nH]c(=S)n(-c3ccc(C#N)cc3F)c2n1. The van der Waals surface area contributed by atoms with Crippen LogP contribution >= 0.6 is 12.2 Å². The maximum absolute atomic E-state index is 14.2. The molecular formula is C14H9FN4OS. The Hall–Kier alpha value is -2.72. The molecule has 0 saturated heterocycles. The van der Waals surface area contributed by atoms with Crippen LogP contribution in [0.5, 0.6) is 5.88 Å². The number of imidazole rings is 1. The molecule has 0 unspecified atom stereocenters. The third-order valence-electron chi connectivity index (χ3n) is 3.03. The van der Waals surface area contributed by atoms with Crippen LogP contribution in [-0.2, 0) is 0 Å². The molecule has 0 radical (unpaired) electrons. The molecule has 0 amide bonds. The summed E-state index contributed by atoms with van der Waals surface area (Å²) in [5.74, 6) is -0.144. The van der Waals surface area contributed by atoms with Gasteiger partial charge in [-0.15, -0.1) is 0 Å². The number of hydrogen-bond acceptors (Lipinski definition) is 4. The van der Waals surface area contributed by atoms with Crippen LogP contribution in [0.15, 0.2) is 30.3 Å². The predicted octanol–water partition coefficient (Wildman–Crippen LogP) is 3.10. The number of methoxy groups -OCH3 is 1. The lowest BCUT2D eigenvalue weighted by molar-refractivity contribution is 0.399. The quantitative estimate of drug-likeness (QED) is 0.738. The van der Waals surface area contributed by atoms with Crippen LogP contribution in [0.4, 0.5) is 4.39 Å². The largest absolute Gasteiger partial charge is 0.481 e. The van der Waals surface area contributed by atoms with Crippen molar-refractivity contribution in [2.45, 2.75) is 0 Å². The summed E-state index contributed by atoms with van der Waals surface area (Å²) in [4.78, 5) is 7.25. The maximum atomic E-state index is 14.2. The normalized spacial score (nSPS) is 10.5. The second-order valence-electron chi connectivity index (χ2n) is 4.27. The van der Waals surface area contributed by atoms with Crippen LogP contribution in [0.25, 0.3) is 16.9 Å². The number of H-pyrrole nitrogens is 1. The molecular weight excluding hydrogens is 291 g/mol. The van der Waals surface area contributed by atoms with Crippen LogP contribution in [-0.4, -0.2) is 21.6 Å². The van der Waals surface area contributed by atoms with E-state index in [1.807, 2.05) is 6.07 Å².